The van der Waals surface area contributed by atoms with Crippen LogP contribution < -0.4 is 4.90 Å². The van der Waals surface area contributed by atoms with Gasteiger partial charge in [-0.3, -0.25) is 9.59 Å². The third kappa shape index (κ3) is 2.36. The minimum absolute atomic E-state index is 0.264. The van der Waals surface area contributed by atoms with Crippen molar-refractivity contribution in [3.8, 4) is 0 Å². The Morgan fingerprint density at radius 2 is 1.65 bits per heavy atom. The molecule has 1 aliphatic heterocycles. The summed E-state index contributed by atoms with van der Waals surface area (Å²) in [4.78, 5) is 27.0. The first-order valence-corrected chi connectivity index (χ1v) is 8.17. The van der Waals surface area contributed by atoms with Crippen LogP contribution in [0.1, 0.15) is 51.3 Å². The molecule has 0 aromatic heterocycles. The standard InChI is InChI=1S/C19H18ClNO2/c1-4-12-7-9-16(20)13(5-2)17(12)21-18(22)14-8-6-11(3)10-15(14)19(21)23/h6-10H,4-5H2,1-3H3. The van der Waals surface area contributed by atoms with Crippen molar-refractivity contribution >= 4 is 29.1 Å². The Balaban J connectivity index is 2.23. The molecule has 0 bridgehead atoms. The number of rotatable bonds is 3. The first-order valence-electron chi connectivity index (χ1n) is 7.79. The number of carbonyl (C=O) groups excluding carboxylic acids is 2. The molecule has 23 heavy (non-hydrogen) atoms. The molecule has 2 amide bonds. The number of anilines is 1. The van der Waals surface area contributed by atoms with E-state index in [1.807, 2.05) is 39.0 Å². The van der Waals surface area contributed by atoms with Crippen LogP contribution in [-0.2, 0) is 12.8 Å². The van der Waals surface area contributed by atoms with Crippen molar-refractivity contribution in [1.82, 2.24) is 0 Å². The van der Waals surface area contributed by atoms with Gasteiger partial charge in [0.25, 0.3) is 11.8 Å². The van der Waals surface area contributed by atoms with E-state index >= 15 is 0 Å². The van der Waals surface area contributed by atoms with Gasteiger partial charge in [-0.1, -0.05) is 43.1 Å². The minimum Gasteiger partial charge on any atom is -0.268 e. The highest BCUT2D eigenvalue weighted by molar-refractivity contribution is 6.36. The van der Waals surface area contributed by atoms with Crippen LogP contribution in [0, 0.1) is 6.92 Å². The predicted octanol–water partition coefficient (Wildman–Crippen LogP) is 4.57. The Hall–Kier alpha value is -2.13. The highest BCUT2D eigenvalue weighted by atomic mass is 35.5. The molecule has 0 fully saturated rings. The zero-order valence-electron chi connectivity index (χ0n) is 13.4. The smallest absolute Gasteiger partial charge is 0.266 e. The SMILES string of the molecule is CCc1ccc(Cl)c(CC)c1N1C(=O)c2ccc(C)cc2C1=O. The molecule has 0 N–H and O–H groups in total. The van der Waals surface area contributed by atoms with Gasteiger partial charge in [0, 0.05) is 5.02 Å². The van der Waals surface area contributed by atoms with Crippen molar-refractivity contribution in [2.75, 3.05) is 4.90 Å². The number of benzene rings is 2. The van der Waals surface area contributed by atoms with E-state index in [0.29, 0.717) is 28.3 Å². The third-order valence-electron chi connectivity index (χ3n) is 4.31. The molecule has 2 aromatic carbocycles. The van der Waals surface area contributed by atoms with E-state index in [2.05, 4.69) is 0 Å². The van der Waals surface area contributed by atoms with Crippen LogP contribution in [0.4, 0.5) is 5.69 Å². The van der Waals surface area contributed by atoms with E-state index < -0.39 is 0 Å². The van der Waals surface area contributed by atoms with Gasteiger partial charge < -0.3 is 0 Å². The second-order valence-corrected chi connectivity index (χ2v) is 6.14. The maximum Gasteiger partial charge on any atom is 0.266 e. The maximum atomic E-state index is 12.9. The first kappa shape index (κ1) is 15.8. The molecule has 0 spiro atoms. The molecule has 0 atom stereocenters. The zero-order valence-corrected chi connectivity index (χ0v) is 14.2. The van der Waals surface area contributed by atoms with Crippen LogP contribution in [0.15, 0.2) is 30.3 Å². The summed E-state index contributed by atoms with van der Waals surface area (Å²) in [5.74, 6) is -0.531. The molecule has 0 aliphatic carbocycles. The number of fused-ring (bicyclic) bond motifs is 1. The van der Waals surface area contributed by atoms with Crippen LogP contribution >= 0.6 is 11.6 Å². The zero-order chi connectivity index (χ0) is 16.7. The Labute approximate surface area is 140 Å². The lowest BCUT2D eigenvalue weighted by Crippen LogP contribution is -2.31. The quantitative estimate of drug-likeness (QED) is 0.774. The number of imide groups is 1. The summed E-state index contributed by atoms with van der Waals surface area (Å²) >= 11 is 6.32. The topological polar surface area (TPSA) is 37.4 Å². The second kappa shape index (κ2) is 5.82. The monoisotopic (exact) mass is 327 g/mol. The summed E-state index contributed by atoms with van der Waals surface area (Å²) < 4.78 is 0. The molecule has 2 aromatic rings. The van der Waals surface area contributed by atoms with Crippen molar-refractivity contribution in [3.63, 3.8) is 0 Å². The predicted molar refractivity (Wildman–Crippen MR) is 92.5 cm³/mol. The number of halogens is 1. The van der Waals surface area contributed by atoms with E-state index in [4.69, 9.17) is 11.6 Å². The Morgan fingerprint density at radius 1 is 0.957 bits per heavy atom. The maximum absolute atomic E-state index is 12.9. The molecule has 118 valence electrons. The van der Waals surface area contributed by atoms with E-state index in [-0.39, 0.29) is 11.8 Å². The highest BCUT2D eigenvalue weighted by Crippen LogP contribution is 2.37. The molecule has 0 radical (unpaired) electrons. The van der Waals surface area contributed by atoms with Gasteiger partial charge >= 0.3 is 0 Å². The Morgan fingerprint density at radius 3 is 2.30 bits per heavy atom. The molecule has 3 rings (SSSR count). The molecule has 0 saturated heterocycles. The first-order chi connectivity index (χ1) is 11.0. The molecular weight excluding hydrogens is 310 g/mol. The van der Waals surface area contributed by atoms with Crippen LogP contribution in [0.25, 0.3) is 0 Å². The Kier molecular flexibility index (Phi) is 3.99. The summed E-state index contributed by atoms with van der Waals surface area (Å²) in [6.07, 6.45) is 1.39. The average molecular weight is 328 g/mol. The number of nitrogens with zero attached hydrogens (tertiary/aromatic N) is 1. The van der Waals surface area contributed by atoms with Crippen molar-refractivity contribution in [2.24, 2.45) is 0 Å². The lowest BCUT2D eigenvalue weighted by atomic mass is 10.0. The summed E-state index contributed by atoms with van der Waals surface area (Å²) in [6.45, 7) is 5.90. The van der Waals surface area contributed by atoms with Crippen molar-refractivity contribution in [3.05, 3.63) is 63.2 Å². The summed E-state index contributed by atoms with van der Waals surface area (Å²) in [5, 5.41) is 0.590. The number of aryl methyl sites for hydroxylation is 2. The molecule has 3 nitrogen and oxygen atoms in total. The summed E-state index contributed by atoms with van der Waals surface area (Å²) in [5.41, 5.74) is 4.36. The highest BCUT2D eigenvalue weighted by Gasteiger charge is 2.38. The van der Waals surface area contributed by atoms with Crippen molar-refractivity contribution in [2.45, 2.75) is 33.6 Å². The van der Waals surface area contributed by atoms with Crippen LogP contribution in [0.2, 0.25) is 5.02 Å². The second-order valence-electron chi connectivity index (χ2n) is 5.74. The normalized spacial score (nSPS) is 13.7. The van der Waals surface area contributed by atoms with Crippen LogP contribution in [0.5, 0.6) is 0 Å². The van der Waals surface area contributed by atoms with Gasteiger partial charge in [0.1, 0.15) is 0 Å². The minimum atomic E-state index is -0.267. The van der Waals surface area contributed by atoms with Gasteiger partial charge in [-0.25, -0.2) is 4.90 Å². The van der Waals surface area contributed by atoms with Gasteiger partial charge in [-0.15, -0.1) is 0 Å². The van der Waals surface area contributed by atoms with Gasteiger partial charge in [0.05, 0.1) is 16.8 Å². The molecule has 0 saturated carbocycles. The molecule has 1 aliphatic rings. The largest absolute Gasteiger partial charge is 0.268 e. The van der Waals surface area contributed by atoms with E-state index in [1.165, 1.54) is 4.90 Å². The summed E-state index contributed by atoms with van der Waals surface area (Å²) in [6, 6.07) is 9.09. The van der Waals surface area contributed by atoms with Gasteiger partial charge in [0.2, 0.25) is 0 Å². The lowest BCUT2D eigenvalue weighted by Gasteiger charge is -2.22. The van der Waals surface area contributed by atoms with Crippen molar-refractivity contribution in [1.29, 1.82) is 0 Å². The molecule has 4 heteroatoms. The fraction of sp³-hybridized carbons (Fsp3) is 0.263. The number of carbonyl (C=O) groups is 2. The summed E-state index contributed by atoms with van der Waals surface area (Å²) in [7, 11) is 0. The molecule has 0 unspecified atom stereocenters. The van der Waals surface area contributed by atoms with Crippen molar-refractivity contribution < 1.29 is 9.59 Å². The fourth-order valence-electron chi connectivity index (χ4n) is 3.12. The van der Waals surface area contributed by atoms with E-state index in [0.717, 1.165) is 23.1 Å². The van der Waals surface area contributed by atoms with Crippen LogP contribution in [0.3, 0.4) is 0 Å². The number of hydrogen-bond donors (Lipinski definition) is 0. The number of amides is 2. The molecular formula is C19H18ClNO2. The van der Waals surface area contributed by atoms with Gasteiger partial charge in [-0.2, -0.15) is 0 Å². The third-order valence-corrected chi connectivity index (χ3v) is 4.66. The van der Waals surface area contributed by atoms with E-state index in [9.17, 15) is 9.59 Å². The lowest BCUT2D eigenvalue weighted by molar-refractivity contribution is 0.0925. The average Bonchev–Trinajstić information content (AvgIpc) is 2.78. The fourth-order valence-corrected chi connectivity index (χ4v) is 3.40. The van der Waals surface area contributed by atoms with Crippen LogP contribution in [-0.4, -0.2) is 11.8 Å². The van der Waals surface area contributed by atoms with E-state index in [1.54, 1.807) is 12.1 Å². The Bertz CT molecular complexity index is 826. The van der Waals surface area contributed by atoms with Gasteiger partial charge in [-0.05, 0) is 49.1 Å². The molecule has 1 heterocycles. The number of hydrogen-bond acceptors (Lipinski definition) is 2. The van der Waals surface area contributed by atoms with Gasteiger partial charge in [0.15, 0.2) is 0 Å².